The normalized spacial score (nSPS) is 19.4. The Balaban J connectivity index is 1.74. The van der Waals surface area contributed by atoms with Gasteiger partial charge in [0.15, 0.2) is 0 Å². The summed E-state index contributed by atoms with van der Waals surface area (Å²) in [5, 5.41) is 4.73. The lowest BCUT2D eigenvalue weighted by Gasteiger charge is -2.49. The Bertz CT molecular complexity index is 1430. The van der Waals surface area contributed by atoms with Crippen molar-refractivity contribution in [3.8, 4) is 11.8 Å². The minimum atomic E-state index is -4.66. The minimum absolute atomic E-state index is 0.0624. The Hall–Kier alpha value is -3.32. The second-order valence-electron chi connectivity index (χ2n) is 9.79. The van der Waals surface area contributed by atoms with Crippen molar-refractivity contribution in [2.45, 2.75) is 71.4 Å². The maximum absolute atomic E-state index is 13.8. The van der Waals surface area contributed by atoms with E-state index < -0.39 is 23.6 Å². The molecule has 3 atom stereocenters. The number of halogens is 4. The third kappa shape index (κ3) is 5.17. The van der Waals surface area contributed by atoms with Crippen molar-refractivity contribution in [1.82, 2.24) is 19.2 Å². The summed E-state index contributed by atoms with van der Waals surface area (Å²) in [6, 6.07) is 3.78. The van der Waals surface area contributed by atoms with Crippen LogP contribution < -0.4 is 10.5 Å². The van der Waals surface area contributed by atoms with Crippen LogP contribution in [0.5, 0.6) is 0 Å². The summed E-state index contributed by atoms with van der Waals surface area (Å²) >= 11 is 0. The number of benzene rings is 1. The first-order valence-corrected chi connectivity index (χ1v) is 12.9. The van der Waals surface area contributed by atoms with Crippen LogP contribution in [0, 0.1) is 17.7 Å². The molecule has 4 rings (SSSR count). The van der Waals surface area contributed by atoms with Crippen molar-refractivity contribution in [3.63, 3.8) is 0 Å². The number of pyridine rings is 1. The van der Waals surface area contributed by atoms with Gasteiger partial charge < -0.3 is 9.47 Å². The zero-order chi connectivity index (χ0) is 27.8. The van der Waals surface area contributed by atoms with Gasteiger partial charge in [-0.25, -0.2) is 4.39 Å². The fraction of sp³-hybridized carbons (Fsp3) is 0.500. The minimum Gasteiger partial charge on any atom is -0.364 e. The zero-order valence-electron chi connectivity index (χ0n) is 22.3. The lowest BCUT2D eigenvalue weighted by Crippen LogP contribution is -2.59. The number of hydrogen-bond donors (Lipinski definition) is 0. The Morgan fingerprint density at radius 2 is 1.84 bits per heavy atom. The van der Waals surface area contributed by atoms with Gasteiger partial charge in [0.2, 0.25) is 0 Å². The van der Waals surface area contributed by atoms with E-state index in [9.17, 15) is 22.4 Å². The maximum atomic E-state index is 13.8. The molecule has 0 radical (unpaired) electrons. The van der Waals surface area contributed by atoms with Crippen LogP contribution in [0.2, 0.25) is 0 Å². The summed E-state index contributed by atoms with van der Waals surface area (Å²) in [4.78, 5) is 17.2. The van der Waals surface area contributed by atoms with Crippen molar-refractivity contribution < 1.29 is 17.6 Å². The zero-order valence-corrected chi connectivity index (χ0v) is 22.3. The van der Waals surface area contributed by atoms with Crippen LogP contribution >= 0.6 is 0 Å². The molecule has 3 heterocycles. The van der Waals surface area contributed by atoms with E-state index in [0.29, 0.717) is 49.6 Å². The fourth-order valence-electron chi connectivity index (χ4n) is 5.47. The molecule has 1 aliphatic heterocycles. The topological polar surface area (TPSA) is 46.3 Å². The van der Waals surface area contributed by atoms with Gasteiger partial charge in [-0.3, -0.25) is 14.4 Å². The van der Waals surface area contributed by atoms with Gasteiger partial charge in [0.25, 0.3) is 5.56 Å². The van der Waals surface area contributed by atoms with Gasteiger partial charge in [-0.2, -0.15) is 18.3 Å². The standard InChI is InChI=1S/C28H33F4N5O/c1-6-9-12-35-17-25-27(33-35)24(14-26(38)34(25)5)37-16-20(7-2)36(15-21(37)8-3)18(4)22-11-10-19(29)13-23(22)28(30,31)32/h10-11,13-14,17-18,20-21H,7-8,12,15-16H2,1-5H3/t18?,20-,21+/m1/s1. The smallest absolute Gasteiger partial charge is 0.364 e. The first-order chi connectivity index (χ1) is 18.0. The molecule has 204 valence electrons. The van der Waals surface area contributed by atoms with Gasteiger partial charge in [-0.1, -0.05) is 25.8 Å². The van der Waals surface area contributed by atoms with E-state index in [1.807, 2.05) is 20.0 Å². The Kier molecular flexibility index (Phi) is 7.88. The van der Waals surface area contributed by atoms with E-state index in [2.05, 4.69) is 21.6 Å². The molecule has 38 heavy (non-hydrogen) atoms. The lowest BCUT2D eigenvalue weighted by molar-refractivity contribution is -0.139. The van der Waals surface area contributed by atoms with E-state index in [1.54, 1.807) is 36.2 Å². The van der Waals surface area contributed by atoms with Gasteiger partial charge in [-0.15, -0.1) is 5.92 Å². The van der Waals surface area contributed by atoms with Gasteiger partial charge in [-0.05, 0) is 44.4 Å². The van der Waals surface area contributed by atoms with E-state index >= 15 is 0 Å². The first kappa shape index (κ1) is 27.7. The van der Waals surface area contributed by atoms with Crippen molar-refractivity contribution in [2.24, 2.45) is 7.05 Å². The summed E-state index contributed by atoms with van der Waals surface area (Å²) in [6.45, 7) is 8.94. The molecular weight excluding hydrogens is 498 g/mol. The SMILES string of the molecule is CC#CCn1cc2c(n1)c(N1C[C@@H](CC)N(C(C)c3ccc(F)cc3C(F)(F)F)C[C@@H]1CC)cc(=O)n2C. The Morgan fingerprint density at radius 3 is 2.47 bits per heavy atom. The number of aromatic nitrogens is 3. The molecular formula is C28H33F4N5O. The highest BCUT2D eigenvalue weighted by Crippen LogP contribution is 2.39. The second-order valence-corrected chi connectivity index (χ2v) is 9.79. The highest BCUT2D eigenvalue weighted by Gasteiger charge is 2.40. The monoisotopic (exact) mass is 531 g/mol. The summed E-state index contributed by atoms with van der Waals surface area (Å²) in [5.74, 6) is 4.93. The molecule has 0 bridgehead atoms. The maximum Gasteiger partial charge on any atom is 0.416 e. The molecule has 0 aliphatic carbocycles. The molecule has 0 N–H and O–H groups in total. The van der Waals surface area contributed by atoms with Crippen molar-refractivity contribution in [3.05, 3.63) is 57.8 Å². The number of nitrogens with zero attached hydrogens (tertiary/aromatic N) is 5. The predicted octanol–water partition coefficient (Wildman–Crippen LogP) is 5.36. The third-order valence-corrected chi connectivity index (χ3v) is 7.61. The van der Waals surface area contributed by atoms with Crippen LogP contribution in [0.25, 0.3) is 11.0 Å². The molecule has 1 aromatic carbocycles. The number of hydrogen-bond acceptors (Lipinski definition) is 4. The summed E-state index contributed by atoms with van der Waals surface area (Å²) in [6.07, 6.45) is -1.44. The Labute approximate surface area is 219 Å². The first-order valence-electron chi connectivity index (χ1n) is 12.9. The largest absolute Gasteiger partial charge is 0.416 e. The van der Waals surface area contributed by atoms with E-state index in [4.69, 9.17) is 5.10 Å². The van der Waals surface area contributed by atoms with E-state index in [1.165, 1.54) is 6.07 Å². The van der Waals surface area contributed by atoms with E-state index in [0.717, 1.165) is 11.8 Å². The molecule has 10 heteroatoms. The average molecular weight is 532 g/mol. The number of alkyl halides is 3. The molecule has 3 aromatic rings. The van der Waals surface area contributed by atoms with Crippen molar-refractivity contribution in [1.29, 1.82) is 0 Å². The Morgan fingerprint density at radius 1 is 1.13 bits per heavy atom. The van der Waals surface area contributed by atoms with Crippen LogP contribution in [-0.4, -0.2) is 44.4 Å². The number of fused-ring (bicyclic) bond motifs is 1. The molecule has 1 unspecified atom stereocenters. The lowest BCUT2D eigenvalue weighted by atomic mass is 9.94. The quantitative estimate of drug-likeness (QED) is 0.318. The molecule has 1 fully saturated rings. The summed E-state index contributed by atoms with van der Waals surface area (Å²) in [7, 11) is 1.71. The molecule has 0 spiro atoms. The van der Waals surface area contributed by atoms with Gasteiger partial charge in [0.05, 0.1) is 23.0 Å². The van der Waals surface area contributed by atoms with Crippen LogP contribution in [-0.2, 0) is 19.8 Å². The van der Waals surface area contributed by atoms with Crippen LogP contribution in [0.15, 0.2) is 35.3 Å². The molecule has 1 saturated heterocycles. The highest BCUT2D eigenvalue weighted by atomic mass is 19.4. The fourth-order valence-corrected chi connectivity index (χ4v) is 5.47. The number of rotatable bonds is 6. The second kappa shape index (κ2) is 10.8. The van der Waals surface area contributed by atoms with Crippen molar-refractivity contribution >= 4 is 16.7 Å². The van der Waals surface area contributed by atoms with Gasteiger partial charge in [0, 0.05) is 44.3 Å². The molecule has 1 aliphatic rings. The number of anilines is 1. The van der Waals surface area contributed by atoms with Crippen LogP contribution in [0.3, 0.4) is 0 Å². The average Bonchev–Trinajstić information content (AvgIpc) is 3.32. The summed E-state index contributed by atoms with van der Waals surface area (Å²) in [5.41, 5.74) is 1.08. The van der Waals surface area contributed by atoms with Crippen molar-refractivity contribution in [2.75, 3.05) is 18.0 Å². The third-order valence-electron chi connectivity index (χ3n) is 7.61. The highest BCUT2D eigenvalue weighted by molar-refractivity contribution is 5.88. The molecule has 0 saturated carbocycles. The number of aryl methyl sites for hydroxylation is 1. The molecule has 2 aromatic heterocycles. The number of piperazine rings is 1. The molecule has 0 amide bonds. The predicted molar refractivity (Wildman–Crippen MR) is 140 cm³/mol. The van der Waals surface area contributed by atoms with Crippen LogP contribution in [0.4, 0.5) is 23.2 Å². The van der Waals surface area contributed by atoms with Crippen LogP contribution in [0.1, 0.15) is 57.7 Å². The van der Waals surface area contributed by atoms with Gasteiger partial charge in [0.1, 0.15) is 17.9 Å². The summed E-state index contributed by atoms with van der Waals surface area (Å²) < 4.78 is 58.5. The van der Waals surface area contributed by atoms with Gasteiger partial charge >= 0.3 is 6.18 Å². The van der Waals surface area contributed by atoms with E-state index in [-0.39, 0.29) is 23.2 Å². The molecule has 6 nitrogen and oxygen atoms in total.